The van der Waals surface area contributed by atoms with Gasteiger partial charge in [-0.3, -0.25) is 0 Å². The first-order chi connectivity index (χ1) is 9.45. The van der Waals surface area contributed by atoms with Gasteiger partial charge < -0.3 is 11.0 Å². The molecule has 0 amide bonds. The molecule has 4 N–H and O–H groups in total. The van der Waals surface area contributed by atoms with Gasteiger partial charge >= 0.3 is 123 Å². The summed E-state index contributed by atoms with van der Waals surface area (Å²) in [7, 11) is 0. The van der Waals surface area contributed by atoms with E-state index >= 15 is 0 Å². The SMILES string of the molecule is O.O.c1cc[c]([Bi]([c]2ccccc2)[c]2ccccc2)cc1. The molecular weight excluding hydrogens is 457 g/mol. The van der Waals surface area contributed by atoms with Gasteiger partial charge in [-0.05, 0) is 0 Å². The van der Waals surface area contributed by atoms with E-state index in [0.29, 0.717) is 0 Å². The van der Waals surface area contributed by atoms with Gasteiger partial charge in [0.1, 0.15) is 0 Å². The molecule has 0 spiro atoms. The molecule has 3 rings (SSSR count). The van der Waals surface area contributed by atoms with Crippen molar-refractivity contribution < 1.29 is 11.0 Å². The molecule has 0 radical (unpaired) electrons. The van der Waals surface area contributed by atoms with Gasteiger partial charge in [0.25, 0.3) is 0 Å². The third-order valence-corrected chi connectivity index (χ3v) is 12.5. The topological polar surface area (TPSA) is 63.0 Å². The first kappa shape index (κ1) is 17.5. The zero-order chi connectivity index (χ0) is 12.9. The van der Waals surface area contributed by atoms with Gasteiger partial charge in [-0.25, -0.2) is 0 Å². The molecule has 0 bridgehead atoms. The van der Waals surface area contributed by atoms with Crippen molar-refractivity contribution in [3.8, 4) is 0 Å². The zero-order valence-electron chi connectivity index (χ0n) is 11.6. The summed E-state index contributed by atoms with van der Waals surface area (Å²) in [5, 5.41) is 0. The first-order valence-corrected chi connectivity index (χ1v) is 11.6. The van der Waals surface area contributed by atoms with E-state index in [0.717, 1.165) is 0 Å². The van der Waals surface area contributed by atoms with Crippen LogP contribution in [0.2, 0.25) is 0 Å². The Morgan fingerprint density at radius 1 is 0.381 bits per heavy atom. The van der Waals surface area contributed by atoms with Crippen molar-refractivity contribution in [2.45, 2.75) is 0 Å². The molecule has 21 heavy (non-hydrogen) atoms. The minimum atomic E-state index is -2.06. The van der Waals surface area contributed by atoms with Gasteiger partial charge in [-0.15, -0.1) is 0 Å². The van der Waals surface area contributed by atoms with Gasteiger partial charge in [0.2, 0.25) is 0 Å². The number of rotatable bonds is 3. The Balaban J connectivity index is 0.00000110. The Kier molecular flexibility index (Phi) is 7.24. The summed E-state index contributed by atoms with van der Waals surface area (Å²) in [6.07, 6.45) is 0. The number of hydrogen-bond acceptors (Lipinski definition) is 0. The molecular formula is C18H19BiO2. The van der Waals surface area contributed by atoms with Crippen LogP contribution in [-0.4, -0.2) is 32.7 Å². The average Bonchev–Trinajstić information content (AvgIpc) is 2.51. The Morgan fingerprint density at radius 2 is 0.619 bits per heavy atom. The van der Waals surface area contributed by atoms with Crippen LogP contribution in [0.5, 0.6) is 0 Å². The third-order valence-electron chi connectivity index (χ3n) is 3.04. The van der Waals surface area contributed by atoms with Crippen LogP contribution in [0.25, 0.3) is 0 Å². The fourth-order valence-corrected chi connectivity index (χ4v) is 11.1. The molecule has 0 atom stereocenters. The molecule has 0 aliphatic rings. The first-order valence-electron chi connectivity index (χ1n) is 6.40. The minimum absolute atomic E-state index is 0. The molecule has 2 nitrogen and oxygen atoms in total. The van der Waals surface area contributed by atoms with Crippen LogP contribution in [-0.2, 0) is 0 Å². The summed E-state index contributed by atoms with van der Waals surface area (Å²) in [5.74, 6) is 0. The molecule has 0 heterocycles. The second kappa shape index (κ2) is 8.68. The predicted octanol–water partition coefficient (Wildman–Crippen LogP) is 0.553. The molecule has 3 aromatic carbocycles. The van der Waals surface area contributed by atoms with Crippen LogP contribution >= 0.6 is 0 Å². The van der Waals surface area contributed by atoms with Crippen molar-refractivity contribution >= 4 is 31.6 Å². The Morgan fingerprint density at radius 3 is 0.857 bits per heavy atom. The third kappa shape index (κ3) is 4.21. The van der Waals surface area contributed by atoms with Gasteiger partial charge in [0.15, 0.2) is 0 Å². The monoisotopic (exact) mass is 476 g/mol. The van der Waals surface area contributed by atoms with Crippen molar-refractivity contribution in [3.63, 3.8) is 0 Å². The van der Waals surface area contributed by atoms with Crippen LogP contribution < -0.4 is 9.81 Å². The van der Waals surface area contributed by atoms with Crippen molar-refractivity contribution in [2.24, 2.45) is 0 Å². The van der Waals surface area contributed by atoms with Crippen LogP contribution in [0.4, 0.5) is 0 Å². The molecule has 108 valence electrons. The summed E-state index contributed by atoms with van der Waals surface area (Å²) in [6, 6.07) is 33.0. The molecule has 0 aliphatic carbocycles. The summed E-state index contributed by atoms with van der Waals surface area (Å²) in [5.41, 5.74) is 0. The Bertz CT molecular complexity index is 533. The van der Waals surface area contributed by atoms with E-state index in [2.05, 4.69) is 91.0 Å². The molecule has 3 aromatic rings. The zero-order valence-corrected chi connectivity index (χ0v) is 15.1. The van der Waals surface area contributed by atoms with Crippen LogP contribution in [0.3, 0.4) is 0 Å². The van der Waals surface area contributed by atoms with E-state index in [1.807, 2.05) is 0 Å². The quantitative estimate of drug-likeness (QED) is 0.496. The van der Waals surface area contributed by atoms with Crippen molar-refractivity contribution in [1.29, 1.82) is 0 Å². The molecule has 0 aliphatic heterocycles. The normalized spacial score (nSPS) is 9.57. The maximum atomic E-state index is 2.29. The van der Waals surface area contributed by atoms with Gasteiger partial charge in [0.05, 0.1) is 0 Å². The average molecular weight is 476 g/mol. The van der Waals surface area contributed by atoms with Gasteiger partial charge in [-0.1, -0.05) is 0 Å². The van der Waals surface area contributed by atoms with E-state index in [9.17, 15) is 0 Å². The molecule has 0 saturated heterocycles. The fraction of sp³-hybridized carbons (Fsp3) is 0. The molecule has 0 unspecified atom stereocenters. The molecule has 0 saturated carbocycles. The Labute approximate surface area is 133 Å². The van der Waals surface area contributed by atoms with Gasteiger partial charge in [-0.2, -0.15) is 0 Å². The van der Waals surface area contributed by atoms with Crippen molar-refractivity contribution in [1.82, 2.24) is 0 Å². The van der Waals surface area contributed by atoms with Crippen molar-refractivity contribution in [2.75, 3.05) is 0 Å². The van der Waals surface area contributed by atoms with E-state index in [1.54, 1.807) is 0 Å². The molecule has 0 fully saturated rings. The van der Waals surface area contributed by atoms with Crippen LogP contribution in [0, 0.1) is 0 Å². The van der Waals surface area contributed by atoms with E-state index in [4.69, 9.17) is 0 Å². The van der Waals surface area contributed by atoms with E-state index < -0.39 is 21.8 Å². The Hall–Kier alpha value is -1.54. The maximum absolute atomic E-state index is 2.29. The second-order valence-electron chi connectivity index (χ2n) is 4.34. The summed E-state index contributed by atoms with van der Waals surface area (Å²) in [6.45, 7) is 0. The number of benzene rings is 3. The van der Waals surface area contributed by atoms with Crippen LogP contribution in [0.1, 0.15) is 0 Å². The van der Waals surface area contributed by atoms with Crippen LogP contribution in [0.15, 0.2) is 91.0 Å². The summed E-state index contributed by atoms with van der Waals surface area (Å²) < 4.78 is 4.61. The van der Waals surface area contributed by atoms with E-state index in [1.165, 1.54) is 9.81 Å². The standard InChI is InChI=1S/3C6H5.Bi.2H2O/c3*1-2-4-6-5-3-1;;;/h3*1-5H;;2*1H2. The van der Waals surface area contributed by atoms with E-state index in [-0.39, 0.29) is 11.0 Å². The second-order valence-corrected chi connectivity index (χ2v) is 13.0. The summed E-state index contributed by atoms with van der Waals surface area (Å²) in [4.78, 5) is 0. The number of hydrogen-bond donors (Lipinski definition) is 0. The molecule has 0 aromatic heterocycles. The fourth-order valence-electron chi connectivity index (χ4n) is 2.18. The van der Waals surface area contributed by atoms with Crippen molar-refractivity contribution in [3.05, 3.63) is 91.0 Å². The molecule has 3 heteroatoms. The van der Waals surface area contributed by atoms with Gasteiger partial charge in [0, 0.05) is 0 Å². The predicted molar refractivity (Wildman–Crippen MR) is 91.2 cm³/mol. The summed E-state index contributed by atoms with van der Waals surface area (Å²) >= 11 is -2.06.